The summed E-state index contributed by atoms with van der Waals surface area (Å²) in [5.74, 6) is 0.139. The van der Waals surface area contributed by atoms with Gasteiger partial charge in [-0.3, -0.25) is 14.2 Å². The molecule has 3 aromatic heterocycles. The Kier molecular flexibility index (Phi) is 5.87. The van der Waals surface area contributed by atoms with E-state index in [1.807, 2.05) is 44.4 Å². The van der Waals surface area contributed by atoms with Gasteiger partial charge in [0.25, 0.3) is 11.5 Å². The van der Waals surface area contributed by atoms with Crippen LogP contribution in [-0.4, -0.2) is 36.0 Å². The summed E-state index contributed by atoms with van der Waals surface area (Å²) >= 11 is 1.61. The van der Waals surface area contributed by atoms with E-state index in [-0.39, 0.29) is 24.1 Å². The summed E-state index contributed by atoms with van der Waals surface area (Å²) in [4.78, 5) is 33.4. The number of hydrazone groups is 1. The number of aromatic nitrogens is 4. The standard InChI is InChI=1S/C28H28N6O2S/c1-17-9-11-20(12-10-17)24-15-23(25-8-5-13-37-25)31-34(24)26(35)16-32-27(36)21-6-4-7-22(21)29-28(32)33-19(3)14-18(2)30-33/h5,8-14,24H,4,6-7,15-16H2,1-3H3. The van der Waals surface area contributed by atoms with Crippen LogP contribution in [0.4, 0.5) is 0 Å². The van der Waals surface area contributed by atoms with Crippen molar-refractivity contribution in [3.05, 3.63) is 96.8 Å². The maximum atomic E-state index is 13.9. The van der Waals surface area contributed by atoms with E-state index < -0.39 is 0 Å². The number of hydrogen-bond acceptors (Lipinski definition) is 6. The Hall–Kier alpha value is -3.85. The molecule has 37 heavy (non-hydrogen) atoms. The Balaban J connectivity index is 1.42. The quantitative estimate of drug-likeness (QED) is 0.399. The molecule has 0 saturated heterocycles. The molecule has 1 unspecified atom stereocenters. The number of aryl methyl sites for hydroxylation is 4. The van der Waals surface area contributed by atoms with Gasteiger partial charge in [0, 0.05) is 17.7 Å². The molecule has 8 nitrogen and oxygen atoms in total. The van der Waals surface area contributed by atoms with Crippen LogP contribution in [0.5, 0.6) is 0 Å². The maximum absolute atomic E-state index is 13.9. The highest BCUT2D eigenvalue weighted by molar-refractivity contribution is 7.12. The number of amides is 1. The highest BCUT2D eigenvalue weighted by atomic mass is 32.1. The minimum Gasteiger partial charge on any atom is -0.271 e. The molecule has 4 heterocycles. The number of carbonyl (C=O) groups is 1. The van der Waals surface area contributed by atoms with E-state index in [9.17, 15) is 9.59 Å². The van der Waals surface area contributed by atoms with Gasteiger partial charge < -0.3 is 0 Å². The van der Waals surface area contributed by atoms with E-state index in [1.54, 1.807) is 21.0 Å². The maximum Gasteiger partial charge on any atom is 0.263 e. The number of nitrogens with zero attached hydrogens (tertiary/aromatic N) is 6. The summed E-state index contributed by atoms with van der Waals surface area (Å²) in [6.07, 6.45) is 2.96. The molecule has 0 N–H and O–H groups in total. The van der Waals surface area contributed by atoms with Gasteiger partial charge in [0.2, 0.25) is 5.95 Å². The average molecular weight is 513 g/mol. The van der Waals surface area contributed by atoms with Crippen molar-refractivity contribution >= 4 is 23.0 Å². The topological polar surface area (TPSA) is 85.4 Å². The first-order valence-electron chi connectivity index (χ1n) is 12.6. The first-order chi connectivity index (χ1) is 17.9. The lowest BCUT2D eigenvalue weighted by molar-refractivity contribution is -0.133. The third-order valence-corrected chi connectivity index (χ3v) is 8.01. The number of hydrogen-bond donors (Lipinski definition) is 0. The second-order valence-electron chi connectivity index (χ2n) is 9.81. The number of carbonyl (C=O) groups excluding carboxylic acids is 1. The van der Waals surface area contributed by atoms with Crippen LogP contribution in [-0.2, 0) is 24.2 Å². The predicted octanol–water partition coefficient (Wildman–Crippen LogP) is 4.28. The van der Waals surface area contributed by atoms with E-state index >= 15 is 0 Å². The lowest BCUT2D eigenvalue weighted by Gasteiger charge is -2.23. The summed E-state index contributed by atoms with van der Waals surface area (Å²) < 4.78 is 3.15. The summed E-state index contributed by atoms with van der Waals surface area (Å²) in [7, 11) is 0. The van der Waals surface area contributed by atoms with Gasteiger partial charge >= 0.3 is 0 Å². The van der Waals surface area contributed by atoms with E-state index in [4.69, 9.17) is 10.1 Å². The molecule has 4 aromatic rings. The van der Waals surface area contributed by atoms with Crippen LogP contribution in [0.2, 0.25) is 0 Å². The van der Waals surface area contributed by atoms with Gasteiger partial charge in [-0.1, -0.05) is 35.9 Å². The van der Waals surface area contributed by atoms with Crippen LogP contribution in [0.15, 0.2) is 57.7 Å². The van der Waals surface area contributed by atoms with E-state index in [1.165, 1.54) is 4.57 Å². The van der Waals surface area contributed by atoms with Crippen molar-refractivity contribution < 1.29 is 4.79 Å². The SMILES string of the molecule is Cc1ccc(C2CC(c3cccs3)=NN2C(=O)Cn2c(-n3nc(C)cc3C)nc3c(c2=O)CCC3)cc1. The molecule has 0 fully saturated rings. The second-order valence-corrected chi connectivity index (χ2v) is 10.8. The van der Waals surface area contributed by atoms with E-state index in [2.05, 4.69) is 29.4 Å². The second kappa shape index (κ2) is 9.23. The Morgan fingerprint density at radius 1 is 1.11 bits per heavy atom. The number of rotatable bonds is 5. The van der Waals surface area contributed by atoms with Gasteiger partial charge in [0.15, 0.2) is 0 Å². The zero-order valence-corrected chi connectivity index (χ0v) is 22.0. The largest absolute Gasteiger partial charge is 0.271 e. The fourth-order valence-electron chi connectivity index (χ4n) is 5.24. The molecule has 6 rings (SSSR count). The number of thiophene rings is 1. The molecular formula is C28H28N6O2S. The van der Waals surface area contributed by atoms with Crippen molar-refractivity contribution in [3.8, 4) is 5.95 Å². The molecule has 188 valence electrons. The van der Waals surface area contributed by atoms with Crippen molar-refractivity contribution in [2.24, 2.45) is 5.10 Å². The van der Waals surface area contributed by atoms with Gasteiger partial charge in [0.05, 0.1) is 28.0 Å². The van der Waals surface area contributed by atoms with Crippen molar-refractivity contribution in [2.75, 3.05) is 0 Å². The molecule has 1 amide bonds. The van der Waals surface area contributed by atoms with Crippen LogP contribution in [0.1, 0.15) is 57.5 Å². The minimum atomic E-state index is -0.248. The highest BCUT2D eigenvalue weighted by Gasteiger charge is 2.34. The van der Waals surface area contributed by atoms with Crippen molar-refractivity contribution in [1.82, 2.24) is 24.3 Å². The van der Waals surface area contributed by atoms with Crippen LogP contribution >= 0.6 is 11.3 Å². The molecule has 0 bridgehead atoms. The molecule has 0 spiro atoms. The molecule has 1 aromatic carbocycles. The fraction of sp³-hybridized carbons (Fsp3) is 0.321. The molecule has 1 aliphatic carbocycles. The first kappa shape index (κ1) is 23.5. The summed E-state index contributed by atoms with van der Waals surface area (Å²) in [5, 5.41) is 12.9. The monoisotopic (exact) mass is 512 g/mol. The lowest BCUT2D eigenvalue weighted by atomic mass is 10.00. The van der Waals surface area contributed by atoms with Crippen molar-refractivity contribution in [1.29, 1.82) is 0 Å². The Morgan fingerprint density at radius 2 is 1.92 bits per heavy atom. The Labute approximate surface area is 218 Å². The third kappa shape index (κ3) is 4.23. The van der Waals surface area contributed by atoms with Crippen LogP contribution in [0.3, 0.4) is 0 Å². The first-order valence-corrected chi connectivity index (χ1v) is 13.4. The minimum absolute atomic E-state index is 0.156. The fourth-order valence-corrected chi connectivity index (χ4v) is 5.96. The predicted molar refractivity (Wildman–Crippen MR) is 143 cm³/mol. The molecule has 0 radical (unpaired) electrons. The Bertz CT molecular complexity index is 1580. The molecular weight excluding hydrogens is 484 g/mol. The third-order valence-electron chi connectivity index (χ3n) is 7.09. The van der Waals surface area contributed by atoms with Gasteiger partial charge in [0.1, 0.15) is 6.54 Å². The summed E-state index contributed by atoms with van der Waals surface area (Å²) in [6, 6.07) is 13.9. The summed E-state index contributed by atoms with van der Waals surface area (Å²) in [5.41, 5.74) is 6.11. The van der Waals surface area contributed by atoms with E-state index in [0.717, 1.165) is 51.6 Å². The van der Waals surface area contributed by atoms with Crippen molar-refractivity contribution in [3.63, 3.8) is 0 Å². The van der Waals surface area contributed by atoms with Gasteiger partial charge in [-0.2, -0.15) is 10.2 Å². The van der Waals surface area contributed by atoms with Gasteiger partial charge in [-0.15, -0.1) is 11.3 Å². The zero-order valence-electron chi connectivity index (χ0n) is 21.1. The molecule has 9 heteroatoms. The Morgan fingerprint density at radius 3 is 2.62 bits per heavy atom. The van der Waals surface area contributed by atoms with E-state index in [0.29, 0.717) is 24.4 Å². The van der Waals surface area contributed by atoms with Crippen LogP contribution in [0, 0.1) is 20.8 Å². The van der Waals surface area contributed by atoms with Gasteiger partial charge in [-0.25, -0.2) is 14.7 Å². The lowest BCUT2D eigenvalue weighted by Crippen LogP contribution is -2.37. The van der Waals surface area contributed by atoms with Crippen molar-refractivity contribution in [2.45, 2.75) is 59.0 Å². The van der Waals surface area contributed by atoms with Crippen LogP contribution < -0.4 is 5.56 Å². The smallest absolute Gasteiger partial charge is 0.263 e. The summed E-state index contributed by atoms with van der Waals surface area (Å²) in [6.45, 7) is 5.72. The molecule has 1 aliphatic heterocycles. The molecule has 2 aliphatic rings. The van der Waals surface area contributed by atoms with Crippen LogP contribution in [0.25, 0.3) is 5.95 Å². The molecule has 1 atom stereocenters. The average Bonchev–Trinajstić information content (AvgIpc) is 3.67. The van der Waals surface area contributed by atoms with Gasteiger partial charge in [-0.05, 0) is 63.1 Å². The molecule has 0 saturated carbocycles. The normalized spacial score (nSPS) is 16.8. The highest BCUT2D eigenvalue weighted by Crippen LogP contribution is 2.34. The number of fused-ring (bicyclic) bond motifs is 1. The number of benzene rings is 1. The zero-order chi connectivity index (χ0) is 25.7.